The topological polar surface area (TPSA) is 59.4 Å². The van der Waals surface area contributed by atoms with E-state index in [1.807, 2.05) is 32.0 Å². The van der Waals surface area contributed by atoms with Crippen LogP contribution in [0, 0.1) is 0 Å². The van der Waals surface area contributed by atoms with E-state index >= 15 is 0 Å². The summed E-state index contributed by atoms with van der Waals surface area (Å²) in [6, 6.07) is 13.5. The van der Waals surface area contributed by atoms with Gasteiger partial charge in [0.15, 0.2) is 5.75 Å². The molecule has 4 nitrogen and oxygen atoms in total. The Morgan fingerprint density at radius 3 is 2.44 bits per heavy atom. The van der Waals surface area contributed by atoms with Crippen molar-refractivity contribution in [3.05, 3.63) is 58.7 Å². The standard InChI is InChI=1S/C22H22ClNO3/c1-12(2)14-6-5-7-15(10-14)19-17-11-16(23)8-9-18(17)24-20(13(3)4)21(19)27-22(25)26/h5-13H,1-4H3,(H,25,26). The molecule has 0 fully saturated rings. The van der Waals surface area contributed by atoms with Crippen LogP contribution in [0.2, 0.25) is 5.02 Å². The number of nitrogens with zero attached hydrogens (tertiary/aromatic N) is 1. The van der Waals surface area contributed by atoms with Gasteiger partial charge in [-0.15, -0.1) is 0 Å². The average molecular weight is 384 g/mol. The van der Waals surface area contributed by atoms with Crippen molar-refractivity contribution < 1.29 is 14.6 Å². The Balaban J connectivity index is 2.44. The predicted octanol–water partition coefficient (Wildman–Crippen LogP) is 6.86. The molecule has 0 bridgehead atoms. The van der Waals surface area contributed by atoms with Crippen molar-refractivity contribution in [1.82, 2.24) is 4.98 Å². The highest BCUT2D eigenvalue weighted by Crippen LogP contribution is 2.42. The number of hydrogen-bond donors (Lipinski definition) is 1. The molecule has 0 atom stereocenters. The number of pyridine rings is 1. The van der Waals surface area contributed by atoms with Gasteiger partial charge in [0.2, 0.25) is 0 Å². The Hall–Kier alpha value is -2.59. The first-order valence-electron chi connectivity index (χ1n) is 8.92. The van der Waals surface area contributed by atoms with Crippen LogP contribution in [0.15, 0.2) is 42.5 Å². The zero-order valence-corrected chi connectivity index (χ0v) is 16.5. The molecular weight excluding hydrogens is 362 g/mol. The smallest absolute Gasteiger partial charge is 0.449 e. The van der Waals surface area contributed by atoms with Crippen molar-refractivity contribution in [2.24, 2.45) is 0 Å². The van der Waals surface area contributed by atoms with Gasteiger partial charge in [-0.2, -0.15) is 0 Å². The predicted molar refractivity (Wildman–Crippen MR) is 109 cm³/mol. The van der Waals surface area contributed by atoms with E-state index in [-0.39, 0.29) is 11.7 Å². The Labute approximate surface area is 163 Å². The number of benzene rings is 2. The zero-order chi connectivity index (χ0) is 19.7. The molecule has 3 rings (SSSR count). The van der Waals surface area contributed by atoms with Gasteiger partial charge >= 0.3 is 6.16 Å². The van der Waals surface area contributed by atoms with Crippen molar-refractivity contribution in [1.29, 1.82) is 0 Å². The lowest BCUT2D eigenvalue weighted by Crippen LogP contribution is -2.09. The van der Waals surface area contributed by atoms with Crippen molar-refractivity contribution >= 4 is 28.7 Å². The summed E-state index contributed by atoms with van der Waals surface area (Å²) in [5, 5.41) is 10.7. The van der Waals surface area contributed by atoms with Crippen LogP contribution in [0.3, 0.4) is 0 Å². The number of carbonyl (C=O) groups is 1. The normalized spacial score (nSPS) is 11.4. The molecule has 0 radical (unpaired) electrons. The zero-order valence-electron chi connectivity index (χ0n) is 15.8. The number of fused-ring (bicyclic) bond motifs is 1. The molecule has 2 aromatic carbocycles. The number of aromatic nitrogens is 1. The quantitative estimate of drug-likeness (QED) is 0.500. The summed E-state index contributed by atoms with van der Waals surface area (Å²) in [5.41, 5.74) is 4.11. The van der Waals surface area contributed by atoms with Crippen LogP contribution in [0.1, 0.15) is 50.8 Å². The molecule has 3 aromatic rings. The van der Waals surface area contributed by atoms with E-state index in [0.717, 1.165) is 22.0 Å². The Kier molecular flexibility index (Phi) is 5.38. The summed E-state index contributed by atoms with van der Waals surface area (Å²) in [5.74, 6) is 0.606. The maximum atomic E-state index is 11.4. The van der Waals surface area contributed by atoms with Crippen LogP contribution in [0.4, 0.5) is 4.79 Å². The SMILES string of the molecule is CC(C)c1cccc(-c2c(OC(=O)O)c(C(C)C)nc3ccc(Cl)cc23)c1. The molecule has 0 spiro atoms. The van der Waals surface area contributed by atoms with Gasteiger partial charge in [-0.05, 0) is 41.2 Å². The van der Waals surface area contributed by atoms with Crippen LogP contribution >= 0.6 is 11.6 Å². The van der Waals surface area contributed by atoms with Crippen LogP contribution in [-0.2, 0) is 0 Å². The first kappa shape index (κ1) is 19.2. The Morgan fingerprint density at radius 1 is 1.07 bits per heavy atom. The van der Waals surface area contributed by atoms with Crippen molar-refractivity contribution in [2.45, 2.75) is 39.5 Å². The number of ether oxygens (including phenoxy) is 1. The summed E-state index contributed by atoms with van der Waals surface area (Å²) in [6.45, 7) is 8.17. The second-order valence-electron chi connectivity index (χ2n) is 7.17. The minimum atomic E-state index is -1.36. The minimum Gasteiger partial charge on any atom is -0.449 e. The monoisotopic (exact) mass is 383 g/mol. The van der Waals surface area contributed by atoms with Crippen molar-refractivity contribution in [2.75, 3.05) is 0 Å². The number of carboxylic acid groups (broad SMARTS) is 1. The third kappa shape index (κ3) is 3.91. The second-order valence-corrected chi connectivity index (χ2v) is 7.60. The molecule has 0 saturated carbocycles. The number of hydrogen-bond acceptors (Lipinski definition) is 3. The summed E-state index contributed by atoms with van der Waals surface area (Å²) in [7, 11) is 0. The van der Waals surface area contributed by atoms with Gasteiger partial charge in [0.05, 0.1) is 11.2 Å². The van der Waals surface area contributed by atoms with Gasteiger partial charge in [0.25, 0.3) is 0 Å². The Bertz CT molecular complexity index is 1010. The van der Waals surface area contributed by atoms with E-state index < -0.39 is 6.16 Å². The van der Waals surface area contributed by atoms with E-state index in [9.17, 15) is 9.90 Å². The lowest BCUT2D eigenvalue weighted by atomic mass is 9.93. The van der Waals surface area contributed by atoms with Crippen LogP contribution in [-0.4, -0.2) is 16.2 Å². The summed E-state index contributed by atoms with van der Waals surface area (Å²) in [6.07, 6.45) is -1.36. The second kappa shape index (κ2) is 7.57. The summed E-state index contributed by atoms with van der Waals surface area (Å²) in [4.78, 5) is 16.1. The van der Waals surface area contributed by atoms with E-state index in [4.69, 9.17) is 16.3 Å². The summed E-state index contributed by atoms with van der Waals surface area (Å²) >= 11 is 6.24. The maximum absolute atomic E-state index is 11.4. The number of halogens is 1. The molecule has 0 unspecified atom stereocenters. The molecule has 1 heterocycles. The molecule has 140 valence electrons. The van der Waals surface area contributed by atoms with E-state index in [1.165, 1.54) is 0 Å². The molecule has 0 aliphatic rings. The van der Waals surface area contributed by atoms with Crippen molar-refractivity contribution in [3.63, 3.8) is 0 Å². The van der Waals surface area contributed by atoms with E-state index in [0.29, 0.717) is 22.2 Å². The van der Waals surface area contributed by atoms with Crippen LogP contribution < -0.4 is 4.74 Å². The summed E-state index contributed by atoms with van der Waals surface area (Å²) < 4.78 is 5.25. The van der Waals surface area contributed by atoms with E-state index in [1.54, 1.807) is 12.1 Å². The molecule has 27 heavy (non-hydrogen) atoms. The van der Waals surface area contributed by atoms with E-state index in [2.05, 4.69) is 31.0 Å². The van der Waals surface area contributed by atoms with Gasteiger partial charge in [0, 0.05) is 16.0 Å². The lowest BCUT2D eigenvalue weighted by Gasteiger charge is -2.19. The highest BCUT2D eigenvalue weighted by molar-refractivity contribution is 6.31. The minimum absolute atomic E-state index is 0.00791. The molecule has 0 aliphatic carbocycles. The third-order valence-corrected chi connectivity index (χ3v) is 4.74. The van der Waals surface area contributed by atoms with Gasteiger partial charge in [-0.25, -0.2) is 9.78 Å². The molecule has 1 aromatic heterocycles. The molecule has 0 amide bonds. The first-order chi connectivity index (χ1) is 12.8. The third-order valence-electron chi connectivity index (χ3n) is 4.51. The fourth-order valence-corrected chi connectivity index (χ4v) is 3.33. The van der Waals surface area contributed by atoms with Crippen molar-refractivity contribution in [3.8, 4) is 16.9 Å². The molecular formula is C22H22ClNO3. The fourth-order valence-electron chi connectivity index (χ4n) is 3.16. The fraction of sp³-hybridized carbons (Fsp3) is 0.273. The van der Waals surface area contributed by atoms with Gasteiger partial charge in [-0.3, -0.25) is 0 Å². The molecule has 5 heteroatoms. The van der Waals surface area contributed by atoms with Crippen LogP contribution in [0.5, 0.6) is 5.75 Å². The van der Waals surface area contributed by atoms with Gasteiger partial charge in [0.1, 0.15) is 0 Å². The maximum Gasteiger partial charge on any atom is 0.511 e. The highest BCUT2D eigenvalue weighted by atomic mass is 35.5. The Morgan fingerprint density at radius 2 is 1.81 bits per heavy atom. The van der Waals surface area contributed by atoms with Crippen LogP contribution in [0.25, 0.3) is 22.0 Å². The largest absolute Gasteiger partial charge is 0.511 e. The van der Waals surface area contributed by atoms with Gasteiger partial charge in [-0.1, -0.05) is 63.6 Å². The molecule has 1 N–H and O–H groups in total. The average Bonchev–Trinajstić information content (AvgIpc) is 2.60. The molecule has 0 aliphatic heterocycles. The highest BCUT2D eigenvalue weighted by Gasteiger charge is 2.22. The molecule has 0 saturated heterocycles. The van der Waals surface area contributed by atoms with Gasteiger partial charge < -0.3 is 9.84 Å². The number of rotatable bonds is 4. The lowest BCUT2D eigenvalue weighted by molar-refractivity contribution is 0.144. The first-order valence-corrected chi connectivity index (χ1v) is 9.30.